The molecule has 0 heterocycles. The van der Waals surface area contributed by atoms with E-state index in [-0.39, 0.29) is 11.1 Å². The number of carbonyl (C=O) groups is 2. The molecule has 0 amide bonds. The molecule has 2 atom stereocenters. The summed E-state index contributed by atoms with van der Waals surface area (Å²) in [5.74, 6) is -1.63. The van der Waals surface area contributed by atoms with Crippen LogP contribution in [0, 0.1) is 0 Å². The number of carboxylic acids is 1. The van der Waals surface area contributed by atoms with Gasteiger partial charge in [0.25, 0.3) is 0 Å². The fourth-order valence-electron chi connectivity index (χ4n) is 3.51. The molecular formula is C25H24O4. The Morgan fingerprint density at radius 1 is 0.897 bits per heavy atom. The van der Waals surface area contributed by atoms with Crippen LogP contribution in [0.4, 0.5) is 0 Å². The van der Waals surface area contributed by atoms with E-state index in [0.717, 1.165) is 17.5 Å². The van der Waals surface area contributed by atoms with E-state index in [1.54, 1.807) is 12.1 Å². The Morgan fingerprint density at radius 3 is 2.07 bits per heavy atom. The molecule has 3 rings (SSSR count). The summed E-state index contributed by atoms with van der Waals surface area (Å²) in [6.45, 7) is 4.16. The molecule has 0 saturated carbocycles. The zero-order valence-electron chi connectivity index (χ0n) is 16.5. The number of ether oxygens (including phenoxy) is 1. The Hall–Kier alpha value is -3.40. The molecule has 0 spiro atoms. The molecule has 148 valence electrons. The van der Waals surface area contributed by atoms with Gasteiger partial charge in [-0.15, -0.1) is 0 Å². The quantitative estimate of drug-likeness (QED) is 0.531. The zero-order chi connectivity index (χ0) is 20.9. The van der Waals surface area contributed by atoms with Crippen LogP contribution in [0.2, 0.25) is 0 Å². The summed E-state index contributed by atoms with van der Waals surface area (Å²) in [6.07, 6.45) is 0.219. The van der Waals surface area contributed by atoms with Crippen LogP contribution >= 0.6 is 0 Å². The van der Waals surface area contributed by atoms with E-state index in [0.29, 0.717) is 0 Å². The average molecular weight is 388 g/mol. The molecule has 0 aliphatic heterocycles. The Bertz CT molecular complexity index is 982. The largest absolute Gasteiger partial charge is 0.478 e. The first kappa shape index (κ1) is 20.3. The van der Waals surface area contributed by atoms with Gasteiger partial charge in [0.1, 0.15) is 6.10 Å². The second kappa shape index (κ2) is 8.74. The van der Waals surface area contributed by atoms with E-state index in [1.807, 2.05) is 60.7 Å². The molecular weight excluding hydrogens is 364 g/mol. The lowest BCUT2D eigenvalue weighted by atomic mass is 9.73. The predicted molar refractivity (Wildman–Crippen MR) is 112 cm³/mol. The highest BCUT2D eigenvalue weighted by atomic mass is 16.5. The van der Waals surface area contributed by atoms with Gasteiger partial charge in [-0.05, 0) is 35.7 Å². The first-order valence-corrected chi connectivity index (χ1v) is 9.60. The maximum atomic E-state index is 13.0. The molecule has 3 aromatic rings. The van der Waals surface area contributed by atoms with E-state index in [9.17, 15) is 14.7 Å². The van der Waals surface area contributed by atoms with Crippen LogP contribution < -0.4 is 0 Å². The fraction of sp³-hybridized carbons (Fsp3) is 0.200. The third-order valence-corrected chi connectivity index (χ3v) is 5.42. The number of benzene rings is 3. The van der Waals surface area contributed by atoms with Crippen LogP contribution in [0.25, 0.3) is 0 Å². The summed E-state index contributed by atoms with van der Waals surface area (Å²) in [5, 5.41) is 9.21. The van der Waals surface area contributed by atoms with Gasteiger partial charge in [-0.3, -0.25) is 0 Å². The second-order valence-electron chi connectivity index (χ2n) is 7.22. The van der Waals surface area contributed by atoms with Crippen LogP contribution in [0.15, 0.2) is 84.9 Å². The molecule has 4 nitrogen and oxygen atoms in total. The van der Waals surface area contributed by atoms with Crippen LogP contribution in [0.3, 0.4) is 0 Å². The molecule has 2 unspecified atom stereocenters. The predicted octanol–water partition coefficient (Wildman–Crippen LogP) is 5.65. The van der Waals surface area contributed by atoms with Crippen molar-refractivity contribution in [3.63, 3.8) is 0 Å². The van der Waals surface area contributed by atoms with Crippen LogP contribution in [-0.2, 0) is 10.2 Å². The third kappa shape index (κ3) is 4.37. The summed E-state index contributed by atoms with van der Waals surface area (Å²) >= 11 is 0. The minimum atomic E-state index is -1.08. The van der Waals surface area contributed by atoms with E-state index in [4.69, 9.17) is 4.74 Å². The average Bonchev–Trinajstić information content (AvgIpc) is 2.78. The van der Waals surface area contributed by atoms with Gasteiger partial charge in [-0.2, -0.15) is 0 Å². The molecule has 0 aliphatic rings. The number of carbonyl (C=O) groups excluding carboxylic acids is 1. The molecule has 0 radical (unpaired) electrons. The molecule has 3 aromatic carbocycles. The normalized spacial score (nSPS) is 13.9. The van der Waals surface area contributed by atoms with Crippen molar-refractivity contribution < 1.29 is 19.4 Å². The van der Waals surface area contributed by atoms with Gasteiger partial charge >= 0.3 is 11.9 Å². The lowest BCUT2D eigenvalue weighted by molar-refractivity contribution is 0.00598. The van der Waals surface area contributed by atoms with Crippen molar-refractivity contribution in [2.75, 3.05) is 0 Å². The van der Waals surface area contributed by atoms with Crippen LogP contribution in [-0.4, -0.2) is 17.0 Å². The minimum Gasteiger partial charge on any atom is -0.478 e. The highest BCUT2D eigenvalue weighted by Gasteiger charge is 2.38. The minimum absolute atomic E-state index is 0.0528. The van der Waals surface area contributed by atoms with Gasteiger partial charge in [-0.25, -0.2) is 9.59 Å². The van der Waals surface area contributed by atoms with Gasteiger partial charge in [0.2, 0.25) is 0 Å². The van der Waals surface area contributed by atoms with Crippen molar-refractivity contribution in [1.82, 2.24) is 0 Å². The maximum absolute atomic E-state index is 13.0. The van der Waals surface area contributed by atoms with Crippen molar-refractivity contribution in [2.45, 2.75) is 31.8 Å². The van der Waals surface area contributed by atoms with Gasteiger partial charge in [0.05, 0.1) is 11.1 Å². The molecule has 0 aromatic heterocycles. The summed E-state index contributed by atoms with van der Waals surface area (Å²) < 4.78 is 6.04. The van der Waals surface area contributed by atoms with E-state index in [1.165, 1.54) is 12.1 Å². The summed E-state index contributed by atoms with van der Waals surface area (Å²) in [6, 6.07) is 25.6. The smallest absolute Gasteiger partial charge is 0.338 e. The Kier molecular flexibility index (Phi) is 6.13. The first-order valence-electron chi connectivity index (χ1n) is 9.60. The molecule has 0 saturated heterocycles. The van der Waals surface area contributed by atoms with E-state index < -0.39 is 23.5 Å². The van der Waals surface area contributed by atoms with Crippen molar-refractivity contribution >= 4 is 11.9 Å². The number of hydrogen-bond donors (Lipinski definition) is 1. The highest BCUT2D eigenvalue weighted by molar-refractivity contribution is 5.94. The first-order chi connectivity index (χ1) is 14.0. The maximum Gasteiger partial charge on any atom is 0.338 e. The van der Waals surface area contributed by atoms with Gasteiger partial charge in [0, 0.05) is 5.41 Å². The Morgan fingerprint density at radius 2 is 1.48 bits per heavy atom. The van der Waals surface area contributed by atoms with Crippen molar-refractivity contribution in [2.24, 2.45) is 0 Å². The van der Waals surface area contributed by atoms with Crippen LogP contribution in [0.5, 0.6) is 0 Å². The van der Waals surface area contributed by atoms with Gasteiger partial charge < -0.3 is 9.84 Å². The second-order valence-corrected chi connectivity index (χ2v) is 7.22. The zero-order valence-corrected chi connectivity index (χ0v) is 16.5. The van der Waals surface area contributed by atoms with E-state index >= 15 is 0 Å². The third-order valence-electron chi connectivity index (χ3n) is 5.42. The molecule has 29 heavy (non-hydrogen) atoms. The lowest BCUT2D eigenvalue weighted by Crippen LogP contribution is -2.33. The van der Waals surface area contributed by atoms with Crippen molar-refractivity contribution in [3.8, 4) is 0 Å². The molecule has 0 aliphatic carbocycles. The van der Waals surface area contributed by atoms with E-state index in [2.05, 4.69) is 13.8 Å². The van der Waals surface area contributed by atoms with Gasteiger partial charge in [-0.1, -0.05) is 80.6 Å². The van der Waals surface area contributed by atoms with Crippen molar-refractivity contribution in [3.05, 3.63) is 107 Å². The summed E-state index contributed by atoms with van der Waals surface area (Å²) in [5.41, 5.74) is 1.78. The fourth-order valence-corrected chi connectivity index (χ4v) is 3.51. The summed E-state index contributed by atoms with van der Waals surface area (Å²) in [4.78, 5) is 24.2. The number of carboxylic acid groups (broad SMARTS) is 1. The molecule has 4 heteroatoms. The number of esters is 1. The topological polar surface area (TPSA) is 63.6 Å². The SMILES string of the molecule is CCC(C)(c1ccccc1)C(OC(=O)c1cccc(C(=O)O)c1)c1ccccc1. The monoisotopic (exact) mass is 388 g/mol. The molecule has 1 N–H and O–H groups in total. The molecule has 0 bridgehead atoms. The lowest BCUT2D eigenvalue weighted by Gasteiger charge is -2.37. The summed E-state index contributed by atoms with van der Waals surface area (Å²) in [7, 11) is 0. The van der Waals surface area contributed by atoms with Crippen LogP contribution in [0.1, 0.15) is 58.2 Å². The highest BCUT2D eigenvalue weighted by Crippen LogP contribution is 2.42. The standard InChI is InChI=1S/C25H24O4/c1-3-25(2,21-15-8-5-9-16-21)22(18-11-6-4-7-12-18)29-24(28)20-14-10-13-19(17-20)23(26)27/h4-17,22H,3H2,1-2H3,(H,26,27). The molecule has 0 fully saturated rings. The Balaban J connectivity index is 2.02. The number of rotatable bonds is 7. The Labute approximate surface area is 170 Å². The van der Waals surface area contributed by atoms with Crippen molar-refractivity contribution in [1.29, 1.82) is 0 Å². The number of aromatic carboxylic acids is 1. The number of hydrogen-bond acceptors (Lipinski definition) is 3. The van der Waals surface area contributed by atoms with Gasteiger partial charge in [0.15, 0.2) is 0 Å².